The lowest BCUT2D eigenvalue weighted by Crippen LogP contribution is -2.38. The lowest BCUT2D eigenvalue weighted by molar-refractivity contribution is -0.123. The zero-order chi connectivity index (χ0) is 15.2. The molecule has 0 radical (unpaired) electrons. The van der Waals surface area contributed by atoms with Crippen LogP contribution >= 0.6 is 23.2 Å². The van der Waals surface area contributed by atoms with Gasteiger partial charge in [0.05, 0.1) is 6.54 Å². The highest BCUT2D eigenvalue weighted by molar-refractivity contribution is 6.34. The van der Waals surface area contributed by atoms with Crippen LogP contribution in [0, 0.1) is 0 Å². The van der Waals surface area contributed by atoms with Gasteiger partial charge in [0.2, 0.25) is 0 Å². The van der Waals surface area contributed by atoms with E-state index >= 15 is 0 Å². The summed E-state index contributed by atoms with van der Waals surface area (Å²) in [6.45, 7) is 2.29. The van der Waals surface area contributed by atoms with Gasteiger partial charge < -0.3 is 10.1 Å². The molecule has 21 heavy (non-hydrogen) atoms. The molecule has 112 valence electrons. The van der Waals surface area contributed by atoms with Crippen LogP contribution in [-0.4, -0.2) is 33.3 Å². The lowest BCUT2D eigenvalue weighted by Gasteiger charge is -2.14. The summed E-state index contributed by atoms with van der Waals surface area (Å²) < 4.78 is 6.99. The fraction of sp³-hybridized carbons (Fsp3) is 0.308. The Kier molecular flexibility index (Phi) is 5.41. The number of hydrogen-bond acceptors (Lipinski definition) is 4. The van der Waals surface area contributed by atoms with Crippen LogP contribution in [0.15, 0.2) is 30.9 Å². The number of carbonyl (C=O) groups is 1. The van der Waals surface area contributed by atoms with Crippen molar-refractivity contribution < 1.29 is 9.53 Å². The van der Waals surface area contributed by atoms with Gasteiger partial charge in [-0.05, 0) is 25.1 Å². The maximum Gasteiger partial charge on any atom is 0.258 e. The van der Waals surface area contributed by atoms with Gasteiger partial charge in [0.25, 0.3) is 5.91 Å². The fourth-order valence-electron chi connectivity index (χ4n) is 1.73. The fourth-order valence-corrected chi connectivity index (χ4v) is 2.24. The third-order valence-corrected chi connectivity index (χ3v) is 2.98. The molecule has 0 spiro atoms. The Hall–Kier alpha value is -1.79. The molecule has 1 aromatic carbocycles. The monoisotopic (exact) mass is 328 g/mol. The lowest BCUT2D eigenvalue weighted by atomic mass is 10.3. The Balaban J connectivity index is 1.79. The molecule has 1 unspecified atom stereocenters. The van der Waals surface area contributed by atoms with Gasteiger partial charge in [-0.15, -0.1) is 0 Å². The van der Waals surface area contributed by atoms with E-state index in [0.717, 1.165) is 0 Å². The topological polar surface area (TPSA) is 69.0 Å². The zero-order valence-corrected chi connectivity index (χ0v) is 12.8. The van der Waals surface area contributed by atoms with E-state index in [9.17, 15) is 4.79 Å². The molecular weight excluding hydrogens is 315 g/mol. The molecule has 1 atom stereocenters. The molecule has 0 aliphatic heterocycles. The number of carbonyl (C=O) groups excluding carboxylic acids is 1. The molecular formula is C13H14Cl2N4O2. The molecule has 0 bridgehead atoms. The van der Waals surface area contributed by atoms with Gasteiger partial charge in [-0.25, -0.2) is 4.98 Å². The molecule has 2 aromatic rings. The molecule has 0 aliphatic rings. The molecule has 8 heteroatoms. The first-order chi connectivity index (χ1) is 10.0. The number of nitrogens with one attached hydrogen (secondary N) is 1. The molecule has 0 saturated carbocycles. The number of aromatic nitrogens is 3. The van der Waals surface area contributed by atoms with Gasteiger partial charge in [0, 0.05) is 16.1 Å². The van der Waals surface area contributed by atoms with Crippen LogP contribution in [0.5, 0.6) is 5.75 Å². The van der Waals surface area contributed by atoms with Crippen LogP contribution in [0.2, 0.25) is 10.0 Å². The Morgan fingerprint density at radius 3 is 2.71 bits per heavy atom. The largest absolute Gasteiger partial charge is 0.484 e. The summed E-state index contributed by atoms with van der Waals surface area (Å²) in [5.41, 5.74) is 0. The first-order valence-electron chi connectivity index (χ1n) is 6.23. The second kappa shape index (κ2) is 7.28. The highest BCUT2D eigenvalue weighted by atomic mass is 35.5. The predicted octanol–water partition coefficient (Wildman–Crippen LogP) is 2.17. The molecule has 0 fully saturated rings. The summed E-state index contributed by atoms with van der Waals surface area (Å²) in [4.78, 5) is 15.6. The standard InChI is InChI=1S/C13H14Cl2N4O2/c1-9(5-19-8-16-7-17-19)18-13(20)6-21-12-3-10(14)2-11(15)4-12/h2-4,7-9H,5-6H2,1H3,(H,18,20). The van der Waals surface area contributed by atoms with Crippen molar-refractivity contribution in [1.82, 2.24) is 20.1 Å². The molecule has 0 aliphatic carbocycles. The van der Waals surface area contributed by atoms with E-state index in [4.69, 9.17) is 27.9 Å². The van der Waals surface area contributed by atoms with Crippen molar-refractivity contribution in [2.45, 2.75) is 19.5 Å². The van der Waals surface area contributed by atoms with Crippen LogP contribution in [0.3, 0.4) is 0 Å². The average Bonchev–Trinajstić information content (AvgIpc) is 2.88. The second-order valence-corrected chi connectivity index (χ2v) is 5.35. The normalized spacial score (nSPS) is 12.0. The number of hydrogen-bond donors (Lipinski definition) is 1. The van der Waals surface area contributed by atoms with Gasteiger partial charge in [0.1, 0.15) is 18.4 Å². The second-order valence-electron chi connectivity index (χ2n) is 4.48. The van der Waals surface area contributed by atoms with Crippen LogP contribution in [0.4, 0.5) is 0 Å². The van der Waals surface area contributed by atoms with E-state index in [1.165, 1.54) is 6.33 Å². The van der Waals surface area contributed by atoms with Crippen molar-refractivity contribution in [2.75, 3.05) is 6.61 Å². The molecule has 6 nitrogen and oxygen atoms in total. The molecule has 1 N–H and O–H groups in total. The van der Waals surface area contributed by atoms with Crippen molar-refractivity contribution in [2.24, 2.45) is 0 Å². The predicted molar refractivity (Wildman–Crippen MR) is 79.6 cm³/mol. The summed E-state index contributed by atoms with van der Waals surface area (Å²) in [5, 5.41) is 7.68. The van der Waals surface area contributed by atoms with Gasteiger partial charge in [-0.1, -0.05) is 23.2 Å². The molecule has 2 rings (SSSR count). The van der Waals surface area contributed by atoms with Crippen molar-refractivity contribution in [3.05, 3.63) is 40.9 Å². The van der Waals surface area contributed by atoms with E-state index < -0.39 is 0 Å². The zero-order valence-electron chi connectivity index (χ0n) is 11.3. The van der Waals surface area contributed by atoms with Gasteiger partial charge >= 0.3 is 0 Å². The third kappa shape index (κ3) is 5.24. The van der Waals surface area contributed by atoms with Crippen LogP contribution < -0.4 is 10.1 Å². The van der Waals surface area contributed by atoms with E-state index in [1.54, 1.807) is 29.2 Å². The Morgan fingerprint density at radius 1 is 1.38 bits per heavy atom. The Labute approximate surface area is 132 Å². The van der Waals surface area contributed by atoms with Crippen molar-refractivity contribution >= 4 is 29.1 Å². The van der Waals surface area contributed by atoms with Gasteiger partial charge in [-0.2, -0.15) is 5.10 Å². The van der Waals surface area contributed by atoms with Crippen LogP contribution in [0.1, 0.15) is 6.92 Å². The van der Waals surface area contributed by atoms with Crippen molar-refractivity contribution in [1.29, 1.82) is 0 Å². The number of nitrogens with zero attached hydrogens (tertiary/aromatic N) is 3. The highest BCUT2D eigenvalue weighted by Gasteiger charge is 2.09. The molecule has 1 heterocycles. The minimum Gasteiger partial charge on any atom is -0.484 e. The van der Waals surface area contributed by atoms with E-state index in [2.05, 4.69) is 15.4 Å². The minimum atomic E-state index is -0.237. The maximum absolute atomic E-state index is 11.8. The summed E-state index contributed by atoms with van der Waals surface area (Å²) in [6, 6.07) is 4.70. The SMILES string of the molecule is CC(Cn1cncn1)NC(=O)COc1cc(Cl)cc(Cl)c1. The maximum atomic E-state index is 11.8. The first kappa shape index (κ1) is 15.6. The molecule has 0 saturated heterocycles. The third-order valence-electron chi connectivity index (χ3n) is 2.54. The van der Waals surface area contributed by atoms with Crippen molar-refractivity contribution in [3.63, 3.8) is 0 Å². The number of benzene rings is 1. The van der Waals surface area contributed by atoms with Crippen LogP contribution in [0.25, 0.3) is 0 Å². The van der Waals surface area contributed by atoms with Gasteiger partial charge in [0.15, 0.2) is 6.61 Å². The van der Waals surface area contributed by atoms with E-state index in [-0.39, 0.29) is 18.6 Å². The average molecular weight is 329 g/mol. The van der Waals surface area contributed by atoms with Crippen molar-refractivity contribution in [3.8, 4) is 5.75 Å². The first-order valence-corrected chi connectivity index (χ1v) is 6.99. The number of halogens is 2. The smallest absolute Gasteiger partial charge is 0.258 e. The molecule has 1 aromatic heterocycles. The quantitative estimate of drug-likeness (QED) is 0.882. The van der Waals surface area contributed by atoms with Crippen LogP contribution in [-0.2, 0) is 11.3 Å². The van der Waals surface area contributed by atoms with E-state index in [1.807, 2.05) is 6.92 Å². The minimum absolute atomic E-state index is 0.0919. The Morgan fingerprint density at radius 2 is 2.10 bits per heavy atom. The number of amides is 1. The summed E-state index contributed by atoms with van der Waals surface area (Å²) in [6.07, 6.45) is 3.04. The Bertz CT molecular complexity index is 584. The molecule has 1 amide bonds. The number of rotatable bonds is 6. The summed E-state index contributed by atoms with van der Waals surface area (Å²) in [5.74, 6) is 0.213. The van der Waals surface area contributed by atoms with Gasteiger partial charge in [-0.3, -0.25) is 9.48 Å². The highest BCUT2D eigenvalue weighted by Crippen LogP contribution is 2.23. The van der Waals surface area contributed by atoms with E-state index in [0.29, 0.717) is 22.3 Å². The summed E-state index contributed by atoms with van der Waals surface area (Å²) >= 11 is 11.7. The number of ether oxygens (including phenoxy) is 1. The summed E-state index contributed by atoms with van der Waals surface area (Å²) in [7, 11) is 0.